The van der Waals surface area contributed by atoms with Crippen LogP contribution in [0.4, 0.5) is 4.39 Å². The molecule has 0 unspecified atom stereocenters. The van der Waals surface area contributed by atoms with Gasteiger partial charge in [-0.25, -0.2) is 4.39 Å². The van der Waals surface area contributed by atoms with E-state index in [1.54, 1.807) is 24.3 Å². The van der Waals surface area contributed by atoms with Crippen LogP contribution in [-0.4, -0.2) is 12.4 Å². The van der Waals surface area contributed by atoms with E-state index in [0.29, 0.717) is 5.56 Å². The van der Waals surface area contributed by atoms with Gasteiger partial charge in [-0.05, 0) is 0 Å². The molecule has 2 aromatic rings. The monoisotopic (exact) mass is 298 g/mol. The molecule has 0 aliphatic rings. The number of rotatable bonds is 4. The molecule has 0 heterocycles. The lowest BCUT2D eigenvalue weighted by molar-refractivity contribution is 0.0921. The molecule has 0 amide bonds. The van der Waals surface area contributed by atoms with Gasteiger partial charge in [0.2, 0.25) is 0 Å². The van der Waals surface area contributed by atoms with E-state index in [0.717, 1.165) is 6.07 Å². The van der Waals surface area contributed by atoms with E-state index < -0.39 is 5.82 Å². The Morgan fingerprint density at radius 2 is 1.84 bits per heavy atom. The summed E-state index contributed by atoms with van der Waals surface area (Å²) in [4.78, 5) is 11.8. The summed E-state index contributed by atoms with van der Waals surface area (Å²) < 4.78 is 18.5. The van der Waals surface area contributed by atoms with Crippen molar-refractivity contribution in [3.63, 3.8) is 0 Å². The molecule has 0 N–H and O–H groups in total. The number of ether oxygens (including phenoxy) is 1. The van der Waals surface area contributed by atoms with E-state index in [2.05, 4.69) is 0 Å². The van der Waals surface area contributed by atoms with Gasteiger partial charge < -0.3 is 4.74 Å². The van der Waals surface area contributed by atoms with Crippen LogP contribution >= 0.6 is 23.2 Å². The minimum absolute atomic E-state index is 0.0452. The van der Waals surface area contributed by atoms with Gasteiger partial charge in [0.15, 0.2) is 12.4 Å². The Labute approximate surface area is 119 Å². The first-order valence-electron chi connectivity index (χ1n) is 5.43. The Balaban J connectivity index is 2.05. The lowest BCUT2D eigenvalue weighted by atomic mass is 10.1. The third-order valence-corrected chi connectivity index (χ3v) is 3.20. The molecule has 19 heavy (non-hydrogen) atoms. The number of ketones is 1. The zero-order chi connectivity index (χ0) is 13.8. The standard InChI is InChI=1S/C14H9Cl2FO2/c15-11-6-10(7-12(17)14(11)16)19-8-13(18)9-4-2-1-3-5-9/h1-7H,8H2. The molecule has 0 aliphatic heterocycles. The number of halogens is 3. The molecule has 0 saturated carbocycles. The van der Waals surface area contributed by atoms with Crippen LogP contribution in [0.2, 0.25) is 10.0 Å². The minimum Gasteiger partial charge on any atom is -0.485 e. The molecule has 0 spiro atoms. The van der Waals surface area contributed by atoms with Crippen LogP contribution in [0.25, 0.3) is 0 Å². The number of carbonyl (C=O) groups is 1. The summed E-state index contributed by atoms with van der Waals surface area (Å²) in [6.07, 6.45) is 0. The van der Waals surface area contributed by atoms with Crippen LogP contribution in [0.15, 0.2) is 42.5 Å². The zero-order valence-electron chi connectivity index (χ0n) is 9.70. The minimum atomic E-state index is -0.684. The predicted molar refractivity (Wildman–Crippen MR) is 72.7 cm³/mol. The van der Waals surface area contributed by atoms with Crippen molar-refractivity contribution in [3.05, 3.63) is 63.9 Å². The van der Waals surface area contributed by atoms with Crippen LogP contribution in [-0.2, 0) is 0 Å². The van der Waals surface area contributed by atoms with Crippen molar-refractivity contribution in [2.24, 2.45) is 0 Å². The number of hydrogen-bond donors (Lipinski definition) is 0. The van der Waals surface area contributed by atoms with Crippen molar-refractivity contribution in [1.29, 1.82) is 0 Å². The normalized spacial score (nSPS) is 10.3. The van der Waals surface area contributed by atoms with Gasteiger partial charge in [0, 0.05) is 17.7 Å². The molecule has 0 aromatic heterocycles. The van der Waals surface area contributed by atoms with Gasteiger partial charge in [-0.1, -0.05) is 53.5 Å². The third-order valence-electron chi connectivity index (χ3n) is 2.42. The van der Waals surface area contributed by atoms with E-state index in [9.17, 15) is 9.18 Å². The van der Waals surface area contributed by atoms with Gasteiger partial charge in [0.05, 0.1) is 10.0 Å². The van der Waals surface area contributed by atoms with Gasteiger partial charge in [-0.3, -0.25) is 4.79 Å². The largest absolute Gasteiger partial charge is 0.485 e. The summed E-state index contributed by atoms with van der Waals surface area (Å²) in [5.41, 5.74) is 0.531. The fourth-order valence-electron chi connectivity index (χ4n) is 1.47. The van der Waals surface area contributed by atoms with Crippen LogP contribution in [0.5, 0.6) is 5.75 Å². The first kappa shape index (κ1) is 13.8. The smallest absolute Gasteiger partial charge is 0.200 e. The highest BCUT2D eigenvalue weighted by Crippen LogP contribution is 2.29. The summed E-state index contributed by atoms with van der Waals surface area (Å²) in [5, 5.41) is -0.118. The Hall–Kier alpha value is -1.58. The van der Waals surface area contributed by atoms with Gasteiger partial charge in [0.1, 0.15) is 11.6 Å². The average Bonchev–Trinajstić information content (AvgIpc) is 2.43. The Morgan fingerprint density at radius 3 is 2.47 bits per heavy atom. The van der Waals surface area contributed by atoms with E-state index in [1.807, 2.05) is 6.07 Å². The predicted octanol–water partition coefficient (Wildman–Crippen LogP) is 4.39. The number of Topliss-reactive ketones (excluding diaryl/α,β-unsaturated/α-hetero) is 1. The molecule has 98 valence electrons. The van der Waals surface area contributed by atoms with Gasteiger partial charge >= 0.3 is 0 Å². The van der Waals surface area contributed by atoms with E-state index in [4.69, 9.17) is 27.9 Å². The van der Waals surface area contributed by atoms with Crippen LogP contribution in [0.1, 0.15) is 10.4 Å². The molecule has 0 fully saturated rings. The fraction of sp³-hybridized carbons (Fsp3) is 0.0714. The first-order valence-corrected chi connectivity index (χ1v) is 6.19. The van der Waals surface area contributed by atoms with Crippen molar-refractivity contribution in [2.45, 2.75) is 0 Å². The van der Waals surface area contributed by atoms with Gasteiger partial charge in [-0.15, -0.1) is 0 Å². The second kappa shape index (κ2) is 6.04. The van der Waals surface area contributed by atoms with Gasteiger partial charge in [0.25, 0.3) is 0 Å². The highest BCUT2D eigenvalue weighted by molar-refractivity contribution is 6.42. The quantitative estimate of drug-likeness (QED) is 0.618. The van der Waals surface area contributed by atoms with Crippen molar-refractivity contribution in [3.8, 4) is 5.75 Å². The topological polar surface area (TPSA) is 26.3 Å². The molecule has 2 nitrogen and oxygen atoms in total. The van der Waals surface area contributed by atoms with Crippen molar-refractivity contribution in [2.75, 3.05) is 6.61 Å². The third kappa shape index (κ3) is 3.46. The average molecular weight is 299 g/mol. The van der Waals surface area contributed by atoms with E-state index >= 15 is 0 Å². The maximum Gasteiger partial charge on any atom is 0.200 e. The molecular formula is C14H9Cl2FO2. The maximum atomic E-state index is 13.3. The maximum absolute atomic E-state index is 13.3. The second-order valence-corrected chi connectivity index (χ2v) is 4.56. The van der Waals surface area contributed by atoms with E-state index in [1.165, 1.54) is 6.07 Å². The molecule has 0 atom stereocenters. The lowest BCUT2D eigenvalue weighted by Gasteiger charge is -2.07. The van der Waals surface area contributed by atoms with Crippen molar-refractivity contribution >= 4 is 29.0 Å². The highest BCUT2D eigenvalue weighted by Gasteiger charge is 2.10. The van der Waals surface area contributed by atoms with Crippen LogP contribution < -0.4 is 4.74 Å². The number of benzene rings is 2. The molecule has 5 heteroatoms. The van der Waals surface area contributed by atoms with Crippen LogP contribution in [0, 0.1) is 5.82 Å². The lowest BCUT2D eigenvalue weighted by Crippen LogP contribution is -2.11. The summed E-state index contributed by atoms with van der Waals surface area (Å²) >= 11 is 11.3. The summed E-state index contributed by atoms with van der Waals surface area (Å²) in [7, 11) is 0. The summed E-state index contributed by atoms with van der Waals surface area (Å²) in [6.45, 7) is -0.193. The molecule has 0 aliphatic carbocycles. The molecule has 0 bridgehead atoms. The summed E-state index contributed by atoms with van der Waals surface area (Å²) in [5.74, 6) is -0.723. The number of hydrogen-bond acceptors (Lipinski definition) is 2. The molecule has 0 radical (unpaired) electrons. The number of carbonyl (C=O) groups excluding carboxylic acids is 1. The Bertz CT molecular complexity index is 577. The molecule has 2 aromatic carbocycles. The molecule has 0 saturated heterocycles. The van der Waals surface area contributed by atoms with E-state index in [-0.39, 0.29) is 28.2 Å². The molecular weight excluding hydrogens is 290 g/mol. The summed E-state index contributed by atoms with van der Waals surface area (Å²) in [6, 6.07) is 11.1. The van der Waals surface area contributed by atoms with Crippen LogP contribution in [0.3, 0.4) is 0 Å². The van der Waals surface area contributed by atoms with Crippen molar-refractivity contribution in [1.82, 2.24) is 0 Å². The first-order chi connectivity index (χ1) is 9.08. The zero-order valence-corrected chi connectivity index (χ0v) is 11.2. The fourth-order valence-corrected chi connectivity index (χ4v) is 1.78. The second-order valence-electron chi connectivity index (χ2n) is 3.78. The Morgan fingerprint density at radius 1 is 1.16 bits per heavy atom. The van der Waals surface area contributed by atoms with Gasteiger partial charge in [-0.2, -0.15) is 0 Å². The SMILES string of the molecule is O=C(COc1cc(F)c(Cl)c(Cl)c1)c1ccccc1. The Kier molecular flexibility index (Phi) is 4.40. The van der Waals surface area contributed by atoms with Crippen molar-refractivity contribution < 1.29 is 13.9 Å². The highest BCUT2D eigenvalue weighted by atomic mass is 35.5. The molecule has 2 rings (SSSR count).